The number of guanidine groups is 1. The molecule has 0 unspecified atom stereocenters. The fourth-order valence-corrected chi connectivity index (χ4v) is 3.07. The van der Waals surface area contributed by atoms with E-state index in [2.05, 4.69) is 25.1 Å². The Balaban J connectivity index is 1.43. The molecular formula is C17H22N6O2. The Labute approximate surface area is 146 Å². The van der Waals surface area contributed by atoms with Crippen LogP contribution < -0.4 is 20.5 Å². The topological polar surface area (TPSA) is 99.6 Å². The molecule has 4 rings (SSSR count). The summed E-state index contributed by atoms with van der Waals surface area (Å²) >= 11 is 0. The number of benzene rings is 1. The predicted octanol–water partition coefficient (Wildman–Crippen LogP) is 1.70. The lowest BCUT2D eigenvalue weighted by Crippen LogP contribution is -2.23. The fraction of sp³-hybridized carbons (Fsp3) is 0.471. The highest BCUT2D eigenvalue weighted by molar-refractivity contribution is 5.92. The first-order chi connectivity index (χ1) is 12.3. The predicted molar refractivity (Wildman–Crippen MR) is 94.0 cm³/mol. The van der Waals surface area contributed by atoms with Crippen LogP contribution in [0.25, 0.3) is 0 Å². The minimum Gasteiger partial charge on any atom is -0.490 e. The van der Waals surface area contributed by atoms with Crippen molar-refractivity contribution in [3.8, 4) is 11.5 Å². The van der Waals surface area contributed by atoms with Gasteiger partial charge in [0, 0.05) is 31.1 Å². The molecule has 0 radical (unpaired) electrons. The summed E-state index contributed by atoms with van der Waals surface area (Å²) in [4.78, 5) is 4.39. The van der Waals surface area contributed by atoms with Crippen molar-refractivity contribution < 1.29 is 9.47 Å². The number of hydrogen-bond acceptors (Lipinski definition) is 5. The highest BCUT2D eigenvalue weighted by Gasteiger charge is 2.15. The van der Waals surface area contributed by atoms with E-state index in [1.54, 1.807) is 0 Å². The molecule has 3 N–H and O–H groups in total. The zero-order valence-electron chi connectivity index (χ0n) is 14.1. The van der Waals surface area contributed by atoms with Crippen LogP contribution in [0, 0.1) is 0 Å². The number of aromatic nitrogens is 3. The smallest absolute Gasteiger partial charge is 0.193 e. The summed E-state index contributed by atoms with van der Waals surface area (Å²) < 4.78 is 13.5. The van der Waals surface area contributed by atoms with Crippen LogP contribution in [0.2, 0.25) is 0 Å². The van der Waals surface area contributed by atoms with Gasteiger partial charge in [0.25, 0.3) is 0 Å². The van der Waals surface area contributed by atoms with E-state index in [0.29, 0.717) is 25.7 Å². The Bertz CT molecular complexity index is 785. The molecular weight excluding hydrogens is 320 g/mol. The molecule has 2 aliphatic heterocycles. The summed E-state index contributed by atoms with van der Waals surface area (Å²) in [6, 6.07) is 5.65. The van der Waals surface area contributed by atoms with Gasteiger partial charge in [-0.25, -0.2) is 4.99 Å². The molecule has 0 spiro atoms. The van der Waals surface area contributed by atoms with Crippen LogP contribution in [0.15, 0.2) is 23.2 Å². The molecule has 1 aromatic heterocycles. The normalized spacial score (nSPS) is 16.9. The van der Waals surface area contributed by atoms with Crippen molar-refractivity contribution in [1.29, 1.82) is 0 Å². The maximum Gasteiger partial charge on any atom is 0.193 e. The average molecular weight is 342 g/mol. The van der Waals surface area contributed by atoms with Gasteiger partial charge in [0.05, 0.1) is 13.2 Å². The number of nitrogens with one attached hydrogen (secondary N) is 1. The third-order valence-electron chi connectivity index (χ3n) is 4.35. The number of hydrogen-bond donors (Lipinski definition) is 2. The van der Waals surface area contributed by atoms with Gasteiger partial charge in [0.1, 0.15) is 12.4 Å². The molecule has 0 bridgehead atoms. The number of fused-ring (bicyclic) bond motifs is 2. The third-order valence-corrected chi connectivity index (χ3v) is 4.35. The Kier molecular flexibility index (Phi) is 4.41. The maximum absolute atomic E-state index is 6.01. The summed E-state index contributed by atoms with van der Waals surface area (Å²) in [5.41, 5.74) is 6.83. The highest BCUT2D eigenvalue weighted by atomic mass is 16.5. The van der Waals surface area contributed by atoms with E-state index < -0.39 is 0 Å². The summed E-state index contributed by atoms with van der Waals surface area (Å²) in [5, 5.41) is 11.5. The summed E-state index contributed by atoms with van der Waals surface area (Å²) in [6.07, 6.45) is 4.20. The number of rotatable bonds is 3. The first kappa shape index (κ1) is 15.7. The van der Waals surface area contributed by atoms with Crippen molar-refractivity contribution in [3.05, 3.63) is 29.8 Å². The molecule has 0 amide bonds. The van der Waals surface area contributed by atoms with Crippen LogP contribution in [0.4, 0.5) is 5.69 Å². The minimum atomic E-state index is 0.336. The third kappa shape index (κ3) is 3.52. The summed E-state index contributed by atoms with van der Waals surface area (Å²) in [5.74, 6) is 3.72. The van der Waals surface area contributed by atoms with Gasteiger partial charge in [-0.1, -0.05) is 0 Å². The number of aryl methyl sites for hydroxylation is 1. The Morgan fingerprint density at radius 3 is 2.96 bits per heavy atom. The summed E-state index contributed by atoms with van der Waals surface area (Å²) in [6.45, 7) is 2.70. The molecule has 8 nitrogen and oxygen atoms in total. The van der Waals surface area contributed by atoms with Crippen LogP contribution in [0.1, 0.15) is 30.9 Å². The van der Waals surface area contributed by atoms with E-state index in [1.807, 2.05) is 18.2 Å². The van der Waals surface area contributed by atoms with E-state index in [1.165, 1.54) is 6.42 Å². The second-order valence-corrected chi connectivity index (χ2v) is 6.18. The Morgan fingerprint density at radius 2 is 2.04 bits per heavy atom. The van der Waals surface area contributed by atoms with E-state index >= 15 is 0 Å². The summed E-state index contributed by atoms with van der Waals surface area (Å²) in [7, 11) is 0. The Morgan fingerprint density at radius 1 is 1.16 bits per heavy atom. The van der Waals surface area contributed by atoms with Crippen LogP contribution in [-0.2, 0) is 19.5 Å². The number of aliphatic imine (C=N–C) groups is 1. The van der Waals surface area contributed by atoms with Gasteiger partial charge < -0.3 is 25.1 Å². The Hall–Kier alpha value is -2.77. The molecule has 0 fully saturated rings. The molecule has 2 aliphatic rings. The number of ether oxygens (including phenoxy) is 2. The fourth-order valence-electron chi connectivity index (χ4n) is 3.07. The van der Waals surface area contributed by atoms with E-state index in [-0.39, 0.29) is 0 Å². The number of nitrogens with zero attached hydrogens (tertiary/aromatic N) is 4. The maximum atomic E-state index is 6.01. The van der Waals surface area contributed by atoms with Crippen molar-refractivity contribution >= 4 is 11.6 Å². The molecule has 132 valence electrons. The molecule has 0 atom stereocenters. The minimum absolute atomic E-state index is 0.336. The van der Waals surface area contributed by atoms with Gasteiger partial charge in [-0.2, -0.15) is 0 Å². The molecule has 1 aromatic carbocycles. The monoisotopic (exact) mass is 342 g/mol. The number of anilines is 1. The first-order valence-corrected chi connectivity index (χ1v) is 8.67. The average Bonchev–Trinajstić information content (AvgIpc) is 2.89. The van der Waals surface area contributed by atoms with E-state index in [9.17, 15) is 0 Å². The van der Waals surface area contributed by atoms with Crippen LogP contribution >= 0.6 is 0 Å². The van der Waals surface area contributed by atoms with Crippen molar-refractivity contribution in [2.75, 3.05) is 18.5 Å². The molecule has 0 saturated carbocycles. The van der Waals surface area contributed by atoms with Gasteiger partial charge in [-0.05, 0) is 25.0 Å². The van der Waals surface area contributed by atoms with Crippen molar-refractivity contribution in [1.82, 2.24) is 14.8 Å². The molecule has 3 heterocycles. The molecule has 0 aliphatic carbocycles. The first-order valence-electron chi connectivity index (χ1n) is 8.67. The van der Waals surface area contributed by atoms with Crippen LogP contribution in [-0.4, -0.2) is 33.9 Å². The molecule has 8 heteroatoms. The van der Waals surface area contributed by atoms with Gasteiger partial charge in [0.2, 0.25) is 0 Å². The lowest BCUT2D eigenvalue weighted by atomic mass is 10.2. The van der Waals surface area contributed by atoms with Crippen molar-refractivity contribution in [2.45, 2.75) is 38.8 Å². The van der Waals surface area contributed by atoms with Crippen LogP contribution in [0.3, 0.4) is 0 Å². The standard InChI is InChI=1S/C17H22N6O2/c18-17(19-11-16-22-21-15-4-1-2-7-23(15)16)20-12-5-6-13-14(10-12)25-9-3-8-24-13/h5-6,10H,1-4,7-9,11H2,(H3,18,19,20). The van der Waals surface area contributed by atoms with Crippen LogP contribution in [0.5, 0.6) is 11.5 Å². The highest BCUT2D eigenvalue weighted by Crippen LogP contribution is 2.32. The largest absolute Gasteiger partial charge is 0.490 e. The zero-order valence-corrected chi connectivity index (χ0v) is 14.1. The SMILES string of the molecule is NC(=NCc1nnc2n1CCCC2)Nc1ccc2c(c1)OCCCO2. The van der Waals surface area contributed by atoms with Gasteiger partial charge in [-0.3, -0.25) is 0 Å². The molecule has 2 aromatic rings. The number of nitrogens with two attached hydrogens (primary N) is 1. The molecule has 25 heavy (non-hydrogen) atoms. The molecule has 0 saturated heterocycles. The van der Waals surface area contributed by atoms with Crippen molar-refractivity contribution in [2.24, 2.45) is 10.7 Å². The quantitative estimate of drug-likeness (QED) is 0.650. The van der Waals surface area contributed by atoms with Crippen molar-refractivity contribution in [3.63, 3.8) is 0 Å². The van der Waals surface area contributed by atoms with Gasteiger partial charge in [0.15, 0.2) is 23.3 Å². The zero-order chi connectivity index (χ0) is 17.1. The lowest BCUT2D eigenvalue weighted by molar-refractivity contribution is 0.297. The van der Waals surface area contributed by atoms with Gasteiger partial charge in [-0.15, -0.1) is 10.2 Å². The second-order valence-electron chi connectivity index (χ2n) is 6.18. The lowest BCUT2D eigenvalue weighted by Gasteiger charge is -2.14. The second kappa shape index (κ2) is 7.00. The van der Waals surface area contributed by atoms with Gasteiger partial charge >= 0.3 is 0 Å². The van der Waals surface area contributed by atoms with E-state index in [4.69, 9.17) is 15.2 Å². The van der Waals surface area contributed by atoms with E-state index in [0.717, 1.165) is 54.6 Å².